The summed E-state index contributed by atoms with van der Waals surface area (Å²) in [5.41, 5.74) is 0.541. The summed E-state index contributed by atoms with van der Waals surface area (Å²) < 4.78 is 5.53. The van der Waals surface area contributed by atoms with Crippen molar-refractivity contribution in [3.8, 4) is 0 Å². The van der Waals surface area contributed by atoms with Crippen molar-refractivity contribution in [3.63, 3.8) is 0 Å². The number of ether oxygens (including phenoxy) is 1. The molecule has 1 aromatic rings. The van der Waals surface area contributed by atoms with E-state index in [2.05, 4.69) is 0 Å². The molecule has 2 aliphatic rings. The van der Waals surface area contributed by atoms with E-state index in [1.807, 2.05) is 48.9 Å². The maximum absolute atomic E-state index is 12.7. The van der Waals surface area contributed by atoms with Crippen molar-refractivity contribution in [3.05, 3.63) is 21.9 Å². The fourth-order valence-electron chi connectivity index (χ4n) is 3.42. The van der Waals surface area contributed by atoms with Crippen molar-refractivity contribution in [2.45, 2.75) is 58.2 Å². The SMILES string of the molecule is Cc1ccsc1C(=O)N1CC2CCC(C1)N2C(=O)OC(C)(C)C. The van der Waals surface area contributed by atoms with Gasteiger partial charge in [-0.2, -0.15) is 0 Å². The Morgan fingerprint density at radius 2 is 1.83 bits per heavy atom. The van der Waals surface area contributed by atoms with Gasteiger partial charge >= 0.3 is 6.09 Å². The van der Waals surface area contributed by atoms with E-state index < -0.39 is 5.60 Å². The molecule has 6 heteroatoms. The highest BCUT2D eigenvalue weighted by molar-refractivity contribution is 7.12. The molecule has 2 atom stereocenters. The third kappa shape index (κ3) is 3.22. The van der Waals surface area contributed by atoms with E-state index in [1.165, 1.54) is 11.3 Å². The Balaban J connectivity index is 1.71. The number of piperazine rings is 1. The number of hydrogen-bond acceptors (Lipinski definition) is 4. The summed E-state index contributed by atoms with van der Waals surface area (Å²) in [4.78, 5) is 29.7. The second-order valence-corrected chi connectivity index (χ2v) is 8.33. The summed E-state index contributed by atoms with van der Waals surface area (Å²) in [6.07, 6.45) is 1.64. The Labute approximate surface area is 141 Å². The van der Waals surface area contributed by atoms with Gasteiger partial charge in [0.15, 0.2) is 0 Å². The van der Waals surface area contributed by atoms with Crippen molar-refractivity contribution < 1.29 is 14.3 Å². The number of nitrogens with zero attached hydrogens (tertiary/aromatic N) is 2. The first-order valence-corrected chi connectivity index (χ1v) is 8.99. The quantitative estimate of drug-likeness (QED) is 0.791. The van der Waals surface area contributed by atoms with Gasteiger partial charge in [-0.15, -0.1) is 11.3 Å². The van der Waals surface area contributed by atoms with Crippen molar-refractivity contribution in [2.24, 2.45) is 0 Å². The first-order chi connectivity index (χ1) is 10.8. The number of rotatable bonds is 1. The average Bonchev–Trinajstić information content (AvgIpc) is 2.97. The van der Waals surface area contributed by atoms with Crippen molar-refractivity contribution >= 4 is 23.3 Å². The van der Waals surface area contributed by atoms with Crippen LogP contribution in [0.3, 0.4) is 0 Å². The third-order valence-corrected chi connectivity index (χ3v) is 5.43. The molecule has 3 heterocycles. The lowest BCUT2D eigenvalue weighted by Gasteiger charge is -2.41. The van der Waals surface area contributed by atoms with Crippen molar-refractivity contribution in [1.29, 1.82) is 0 Å². The Morgan fingerprint density at radius 3 is 2.30 bits per heavy atom. The predicted octanol–water partition coefficient (Wildman–Crippen LogP) is 3.28. The Morgan fingerprint density at radius 1 is 1.22 bits per heavy atom. The van der Waals surface area contributed by atoms with Crippen LogP contribution < -0.4 is 0 Å². The van der Waals surface area contributed by atoms with Crippen LogP contribution in [0.5, 0.6) is 0 Å². The monoisotopic (exact) mass is 336 g/mol. The first-order valence-electron chi connectivity index (χ1n) is 8.11. The minimum absolute atomic E-state index is 0.0767. The Hall–Kier alpha value is -1.56. The molecule has 126 valence electrons. The smallest absolute Gasteiger partial charge is 0.410 e. The van der Waals surface area contributed by atoms with E-state index in [4.69, 9.17) is 4.74 Å². The fraction of sp³-hybridized carbons (Fsp3) is 0.647. The van der Waals surface area contributed by atoms with Crippen LogP contribution in [0.25, 0.3) is 0 Å². The molecule has 0 aromatic carbocycles. The predicted molar refractivity (Wildman–Crippen MR) is 89.8 cm³/mol. The van der Waals surface area contributed by atoms with Gasteiger partial charge in [0.05, 0.1) is 17.0 Å². The van der Waals surface area contributed by atoms with Gasteiger partial charge in [-0.1, -0.05) is 0 Å². The van der Waals surface area contributed by atoms with Gasteiger partial charge in [-0.25, -0.2) is 4.79 Å². The van der Waals surface area contributed by atoms with E-state index >= 15 is 0 Å². The lowest BCUT2D eigenvalue weighted by atomic mass is 10.1. The minimum Gasteiger partial charge on any atom is -0.444 e. The topological polar surface area (TPSA) is 49.9 Å². The molecular weight excluding hydrogens is 312 g/mol. The molecule has 5 nitrogen and oxygen atoms in total. The van der Waals surface area contributed by atoms with Crippen LogP contribution in [-0.2, 0) is 4.74 Å². The molecule has 2 bridgehead atoms. The molecule has 0 aliphatic carbocycles. The number of carbonyl (C=O) groups excluding carboxylic acids is 2. The Bertz CT molecular complexity index is 606. The molecule has 2 aliphatic heterocycles. The molecule has 2 amide bonds. The lowest BCUT2D eigenvalue weighted by molar-refractivity contribution is -0.00329. The van der Waals surface area contributed by atoms with Gasteiger partial charge in [-0.05, 0) is 57.5 Å². The lowest BCUT2D eigenvalue weighted by Crippen LogP contribution is -2.57. The average molecular weight is 336 g/mol. The van der Waals surface area contributed by atoms with E-state index in [-0.39, 0.29) is 24.1 Å². The highest BCUT2D eigenvalue weighted by Crippen LogP contribution is 2.33. The number of hydrogen-bond donors (Lipinski definition) is 0. The van der Waals surface area contributed by atoms with Crippen LogP contribution in [0.4, 0.5) is 4.79 Å². The van der Waals surface area contributed by atoms with E-state index in [9.17, 15) is 9.59 Å². The maximum Gasteiger partial charge on any atom is 0.410 e. The molecule has 0 spiro atoms. The largest absolute Gasteiger partial charge is 0.444 e. The highest BCUT2D eigenvalue weighted by Gasteiger charge is 2.45. The van der Waals surface area contributed by atoms with Crippen LogP contribution in [-0.4, -0.2) is 52.6 Å². The maximum atomic E-state index is 12.7. The van der Waals surface area contributed by atoms with Crippen LogP contribution in [0.15, 0.2) is 11.4 Å². The van der Waals surface area contributed by atoms with Crippen molar-refractivity contribution in [1.82, 2.24) is 9.80 Å². The Kier molecular flexibility index (Phi) is 4.12. The van der Waals surface area contributed by atoms with E-state index in [0.29, 0.717) is 13.1 Å². The molecule has 1 aromatic heterocycles. The van der Waals surface area contributed by atoms with Crippen LogP contribution in [0.1, 0.15) is 48.8 Å². The molecule has 0 N–H and O–H groups in total. The van der Waals surface area contributed by atoms with Gasteiger partial charge in [-0.3, -0.25) is 9.69 Å². The number of amides is 2. The second kappa shape index (κ2) is 5.82. The van der Waals surface area contributed by atoms with Crippen molar-refractivity contribution in [2.75, 3.05) is 13.1 Å². The summed E-state index contributed by atoms with van der Waals surface area (Å²) in [6, 6.07) is 2.13. The van der Waals surface area contributed by atoms with Gasteiger partial charge in [0.2, 0.25) is 0 Å². The molecular formula is C17H24N2O3S. The third-order valence-electron chi connectivity index (χ3n) is 4.43. The van der Waals surface area contributed by atoms with Crippen LogP contribution in [0, 0.1) is 6.92 Å². The molecule has 0 saturated carbocycles. The molecule has 2 fully saturated rings. The summed E-state index contributed by atoms with van der Waals surface area (Å²) in [6.45, 7) is 8.82. The first kappa shape index (κ1) is 16.3. The van der Waals surface area contributed by atoms with Gasteiger partial charge in [0.25, 0.3) is 5.91 Å². The minimum atomic E-state index is -0.489. The van der Waals surface area contributed by atoms with Gasteiger partial charge in [0.1, 0.15) is 5.60 Å². The fourth-order valence-corrected chi connectivity index (χ4v) is 4.31. The second-order valence-electron chi connectivity index (χ2n) is 7.42. The molecule has 3 rings (SSSR count). The number of aryl methyl sites for hydroxylation is 1. The number of fused-ring (bicyclic) bond motifs is 2. The zero-order valence-corrected chi connectivity index (χ0v) is 15.0. The summed E-state index contributed by atoms with van der Waals surface area (Å²) in [5, 5.41) is 1.95. The number of carbonyl (C=O) groups is 2. The molecule has 2 unspecified atom stereocenters. The number of likely N-dealkylation sites (tertiary alicyclic amines) is 1. The van der Waals surface area contributed by atoms with E-state index in [1.54, 1.807) is 0 Å². The molecule has 23 heavy (non-hydrogen) atoms. The van der Waals surface area contributed by atoms with Gasteiger partial charge < -0.3 is 9.64 Å². The normalized spacial score (nSPS) is 24.0. The van der Waals surface area contributed by atoms with Crippen LogP contribution in [0.2, 0.25) is 0 Å². The van der Waals surface area contributed by atoms with Gasteiger partial charge in [0, 0.05) is 13.1 Å². The summed E-state index contributed by atoms with van der Waals surface area (Å²) in [5.74, 6) is 0.0956. The van der Waals surface area contributed by atoms with Crippen LogP contribution >= 0.6 is 11.3 Å². The van der Waals surface area contributed by atoms with E-state index in [0.717, 1.165) is 23.3 Å². The molecule has 0 radical (unpaired) electrons. The summed E-state index contributed by atoms with van der Waals surface area (Å²) >= 11 is 1.49. The standard InChI is InChI=1S/C17H24N2O3S/c1-11-7-8-23-14(11)15(20)18-9-12-5-6-13(10-18)19(12)16(21)22-17(2,3)4/h7-8,12-13H,5-6,9-10H2,1-4H3. The zero-order chi connectivity index (χ0) is 16.8. The summed E-state index contributed by atoms with van der Waals surface area (Å²) in [7, 11) is 0. The zero-order valence-electron chi connectivity index (χ0n) is 14.2. The highest BCUT2D eigenvalue weighted by atomic mass is 32.1. The molecule has 2 saturated heterocycles. The number of thiophene rings is 1.